The first-order valence-corrected chi connectivity index (χ1v) is 7.80. The van der Waals surface area contributed by atoms with E-state index in [0.717, 1.165) is 17.9 Å². The molecule has 6 heteroatoms. The lowest BCUT2D eigenvalue weighted by Gasteiger charge is -2.37. The van der Waals surface area contributed by atoms with Gasteiger partial charge in [-0.3, -0.25) is 10.1 Å². The number of fused-ring (bicyclic) bond motifs is 1. The highest BCUT2D eigenvalue weighted by Crippen LogP contribution is 2.33. The Balaban J connectivity index is 1.57. The molecule has 1 saturated carbocycles. The monoisotopic (exact) mass is 291 g/mol. The minimum Gasteiger partial charge on any atom is -0.353 e. The predicted octanol–water partition coefficient (Wildman–Crippen LogP) is 0.415. The molecule has 3 rings (SSSR count). The number of aromatic nitrogens is 2. The molecule has 116 valence electrons. The molecule has 1 fully saturated rings. The van der Waals surface area contributed by atoms with Crippen molar-refractivity contribution in [1.82, 2.24) is 25.5 Å². The summed E-state index contributed by atoms with van der Waals surface area (Å²) in [6, 6.07) is -0.165. The summed E-state index contributed by atoms with van der Waals surface area (Å²) in [6.45, 7) is 1.43. The van der Waals surface area contributed by atoms with Crippen molar-refractivity contribution in [1.29, 1.82) is 0 Å². The zero-order valence-corrected chi connectivity index (χ0v) is 12.9. The lowest BCUT2D eigenvalue weighted by molar-refractivity contribution is -0.123. The van der Waals surface area contributed by atoms with Gasteiger partial charge in [-0.25, -0.2) is 4.98 Å². The maximum atomic E-state index is 12.4. The molecule has 1 amide bonds. The van der Waals surface area contributed by atoms with E-state index < -0.39 is 0 Å². The van der Waals surface area contributed by atoms with Crippen LogP contribution in [-0.4, -0.2) is 53.0 Å². The van der Waals surface area contributed by atoms with Crippen LogP contribution in [0.1, 0.15) is 37.1 Å². The molecule has 21 heavy (non-hydrogen) atoms. The van der Waals surface area contributed by atoms with Crippen molar-refractivity contribution in [2.45, 2.75) is 50.2 Å². The van der Waals surface area contributed by atoms with Gasteiger partial charge < -0.3 is 15.2 Å². The summed E-state index contributed by atoms with van der Waals surface area (Å²) in [6.07, 6.45) is 7.22. The first-order chi connectivity index (χ1) is 10.1. The average Bonchev–Trinajstić information content (AvgIpc) is 3.13. The van der Waals surface area contributed by atoms with Crippen molar-refractivity contribution < 1.29 is 4.79 Å². The fourth-order valence-electron chi connectivity index (χ4n) is 3.54. The van der Waals surface area contributed by atoms with Crippen LogP contribution in [0.4, 0.5) is 0 Å². The van der Waals surface area contributed by atoms with Gasteiger partial charge in [0.2, 0.25) is 5.91 Å². The standard InChI is InChI=1S/C15H25N5O/c1-20(2)15(5-3-4-6-15)9-17-14(21)12-7-11-13(8-16-12)19-10-18-11/h10,12,16H,3-9H2,1-2H3,(H,17,21)(H,18,19). The van der Waals surface area contributed by atoms with Crippen LogP contribution in [-0.2, 0) is 17.8 Å². The molecule has 1 unspecified atom stereocenters. The normalized spacial score (nSPS) is 24.0. The number of imidazole rings is 1. The molecule has 2 aliphatic rings. The van der Waals surface area contributed by atoms with E-state index >= 15 is 0 Å². The molecule has 1 atom stereocenters. The molecule has 0 radical (unpaired) electrons. The predicted molar refractivity (Wildman–Crippen MR) is 80.8 cm³/mol. The Morgan fingerprint density at radius 3 is 2.95 bits per heavy atom. The Kier molecular flexibility index (Phi) is 3.99. The first kappa shape index (κ1) is 14.5. The number of likely N-dealkylation sites (N-methyl/N-ethyl adjacent to an activating group) is 1. The van der Waals surface area contributed by atoms with Crippen LogP contribution in [0.15, 0.2) is 6.33 Å². The van der Waals surface area contributed by atoms with E-state index in [9.17, 15) is 4.79 Å². The smallest absolute Gasteiger partial charge is 0.237 e. The number of H-pyrrole nitrogens is 1. The lowest BCUT2D eigenvalue weighted by atomic mass is 9.95. The van der Waals surface area contributed by atoms with Gasteiger partial charge in [-0.1, -0.05) is 12.8 Å². The highest BCUT2D eigenvalue weighted by molar-refractivity contribution is 5.82. The number of nitrogens with one attached hydrogen (secondary N) is 3. The summed E-state index contributed by atoms with van der Waals surface area (Å²) in [5.41, 5.74) is 2.25. The van der Waals surface area contributed by atoms with Crippen LogP contribution in [0.5, 0.6) is 0 Å². The third-order valence-corrected chi connectivity index (χ3v) is 5.12. The largest absolute Gasteiger partial charge is 0.353 e. The van der Waals surface area contributed by atoms with E-state index in [2.05, 4.69) is 39.6 Å². The Hall–Kier alpha value is -1.40. The molecule has 6 nitrogen and oxygen atoms in total. The van der Waals surface area contributed by atoms with Crippen molar-refractivity contribution in [2.75, 3.05) is 20.6 Å². The summed E-state index contributed by atoms with van der Waals surface area (Å²) in [5, 5.41) is 6.44. The molecule has 1 aromatic heterocycles. The van der Waals surface area contributed by atoms with E-state index in [1.807, 2.05) is 0 Å². The number of amides is 1. The third kappa shape index (κ3) is 2.82. The van der Waals surface area contributed by atoms with Gasteiger partial charge >= 0.3 is 0 Å². The number of nitrogens with zero attached hydrogens (tertiary/aromatic N) is 2. The average molecular weight is 291 g/mol. The van der Waals surface area contributed by atoms with E-state index in [4.69, 9.17) is 0 Å². The van der Waals surface area contributed by atoms with Gasteiger partial charge in [-0.05, 0) is 26.9 Å². The summed E-state index contributed by atoms with van der Waals surface area (Å²) in [7, 11) is 4.23. The van der Waals surface area contributed by atoms with Crippen LogP contribution in [0.3, 0.4) is 0 Å². The van der Waals surface area contributed by atoms with Gasteiger partial charge in [-0.2, -0.15) is 0 Å². The van der Waals surface area contributed by atoms with Gasteiger partial charge in [0.15, 0.2) is 0 Å². The molecular formula is C15H25N5O. The number of hydrogen-bond acceptors (Lipinski definition) is 4. The first-order valence-electron chi connectivity index (χ1n) is 7.80. The van der Waals surface area contributed by atoms with Gasteiger partial charge in [0.1, 0.15) is 0 Å². The molecule has 0 spiro atoms. The van der Waals surface area contributed by atoms with Crippen molar-refractivity contribution >= 4 is 5.91 Å². The van der Waals surface area contributed by atoms with Crippen LogP contribution < -0.4 is 10.6 Å². The van der Waals surface area contributed by atoms with Crippen LogP contribution in [0.25, 0.3) is 0 Å². The SMILES string of the molecule is CN(C)C1(CNC(=O)C2Cc3nc[nH]c3CN2)CCCC1. The Labute approximate surface area is 125 Å². The van der Waals surface area contributed by atoms with E-state index in [1.54, 1.807) is 6.33 Å². The van der Waals surface area contributed by atoms with Crippen LogP contribution in [0.2, 0.25) is 0 Å². The van der Waals surface area contributed by atoms with Crippen molar-refractivity contribution in [2.24, 2.45) is 0 Å². The number of carbonyl (C=O) groups is 1. The van der Waals surface area contributed by atoms with Gasteiger partial charge in [0.25, 0.3) is 0 Å². The Bertz CT molecular complexity index is 504. The zero-order chi connectivity index (χ0) is 14.9. The van der Waals surface area contributed by atoms with E-state index in [0.29, 0.717) is 13.0 Å². The fraction of sp³-hybridized carbons (Fsp3) is 0.733. The number of aromatic amines is 1. The minimum atomic E-state index is -0.165. The Morgan fingerprint density at radius 2 is 2.24 bits per heavy atom. The highest BCUT2D eigenvalue weighted by atomic mass is 16.2. The maximum absolute atomic E-state index is 12.4. The Morgan fingerprint density at radius 1 is 1.48 bits per heavy atom. The summed E-state index contributed by atoms with van der Waals surface area (Å²) in [5.74, 6) is 0.0942. The molecule has 0 saturated heterocycles. The van der Waals surface area contributed by atoms with Crippen molar-refractivity contribution in [3.05, 3.63) is 17.7 Å². The molecule has 3 N–H and O–H groups in total. The second kappa shape index (κ2) is 5.77. The van der Waals surface area contributed by atoms with Crippen molar-refractivity contribution in [3.8, 4) is 0 Å². The fourth-order valence-corrected chi connectivity index (χ4v) is 3.54. The molecule has 1 aromatic rings. The van der Waals surface area contributed by atoms with Crippen LogP contribution >= 0.6 is 0 Å². The molecule has 0 aromatic carbocycles. The van der Waals surface area contributed by atoms with Crippen molar-refractivity contribution in [3.63, 3.8) is 0 Å². The molecule has 1 aliphatic carbocycles. The summed E-state index contributed by atoms with van der Waals surface area (Å²) >= 11 is 0. The minimum absolute atomic E-state index is 0.0942. The molecule has 1 aliphatic heterocycles. The second-order valence-corrected chi connectivity index (χ2v) is 6.51. The highest BCUT2D eigenvalue weighted by Gasteiger charge is 2.37. The van der Waals surface area contributed by atoms with E-state index in [-0.39, 0.29) is 17.5 Å². The topological polar surface area (TPSA) is 73.0 Å². The zero-order valence-electron chi connectivity index (χ0n) is 12.9. The summed E-state index contributed by atoms with van der Waals surface area (Å²) < 4.78 is 0. The number of rotatable bonds is 4. The van der Waals surface area contributed by atoms with Gasteiger partial charge in [-0.15, -0.1) is 0 Å². The number of hydrogen-bond donors (Lipinski definition) is 3. The lowest BCUT2D eigenvalue weighted by Crippen LogP contribution is -2.55. The molecular weight excluding hydrogens is 266 g/mol. The van der Waals surface area contributed by atoms with Gasteiger partial charge in [0, 0.05) is 25.0 Å². The van der Waals surface area contributed by atoms with E-state index in [1.165, 1.54) is 25.7 Å². The van der Waals surface area contributed by atoms with Gasteiger partial charge in [0.05, 0.1) is 23.8 Å². The molecule has 2 heterocycles. The quantitative estimate of drug-likeness (QED) is 0.751. The third-order valence-electron chi connectivity index (χ3n) is 5.12. The van der Waals surface area contributed by atoms with Crippen LogP contribution in [0, 0.1) is 0 Å². The second-order valence-electron chi connectivity index (χ2n) is 6.51. The summed E-state index contributed by atoms with van der Waals surface area (Å²) in [4.78, 5) is 22.1. The maximum Gasteiger partial charge on any atom is 0.237 e. The number of carbonyl (C=O) groups excluding carboxylic acids is 1. The molecule has 0 bridgehead atoms.